The lowest BCUT2D eigenvalue weighted by atomic mass is 10.1. The Hall–Kier alpha value is -1.49. The molecule has 0 spiro atoms. The third kappa shape index (κ3) is 3.73. The predicted molar refractivity (Wildman–Crippen MR) is 77.5 cm³/mol. The Morgan fingerprint density at radius 1 is 1.26 bits per heavy atom. The molecular weight excluding hydrogens is 309 g/mol. The first-order valence-electron chi connectivity index (χ1n) is 6.07. The van der Waals surface area contributed by atoms with E-state index in [9.17, 15) is 4.39 Å². The highest BCUT2D eigenvalue weighted by Gasteiger charge is 2.10. The van der Waals surface area contributed by atoms with Gasteiger partial charge in [-0.05, 0) is 39.5 Å². The zero-order chi connectivity index (χ0) is 13.8. The number of aromatic nitrogens is 2. The van der Waals surface area contributed by atoms with Gasteiger partial charge in [-0.1, -0.05) is 26.0 Å². The summed E-state index contributed by atoms with van der Waals surface area (Å²) < 4.78 is 13.5. The van der Waals surface area contributed by atoms with Crippen LogP contribution in [-0.4, -0.2) is 9.97 Å². The summed E-state index contributed by atoms with van der Waals surface area (Å²) in [6.45, 7) is 4.73. The molecule has 0 atom stereocenters. The van der Waals surface area contributed by atoms with Crippen LogP contribution in [0.5, 0.6) is 0 Å². The van der Waals surface area contributed by atoms with Crippen molar-refractivity contribution in [1.82, 2.24) is 9.97 Å². The van der Waals surface area contributed by atoms with Crippen molar-refractivity contribution in [2.24, 2.45) is 0 Å². The minimum absolute atomic E-state index is 0.227. The van der Waals surface area contributed by atoms with E-state index in [1.165, 1.54) is 12.1 Å². The number of nitrogens with zero attached hydrogens (tertiary/aromatic N) is 2. The molecule has 1 aromatic carbocycles. The fraction of sp³-hybridized carbons (Fsp3) is 0.286. The van der Waals surface area contributed by atoms with Gasteiger partial charge in [0.15, 0.2) is 0 Å². The lowest BCUT2D eigenvalue weighted by Crippen LogP contribution is -2.07. The molecule has 1 aromatic heterocycles. The second-order valence-electron chi connectivity index (χ2n) is 4.56. The van der Waals surface area contributed by atoms with E-state index >= 15 is 0 Å². The van der Waals surface area contributed by atoms with Crippen LogP contribution in [0.1, 0.15) is 31.0 Å². The van der Waals surface area contributed by atoms with E-state index in [0.717, 1.165) is 21.7 Å². The Kier molecular flexibility index (Phi) is 4.47. The van der Waals surface area contributed by atoms with Crippen LogP contribution in [0.2, 0.25) is 0 Å². The molecule has 3 nitrogen and oxygen atoms in total. The van der Waals surface area contributed by atoms with Gasteiger partial charge in [0.2, 0.25) is 0 Å². The highest BCUT2D eigenvalue weighted by molar-refractivity contribution is 9.10. The van der Waals surface area contributed by atoms with Crippen molar-refractivity contribution in [2.75, 3.05) is 5.32 Å². The molecule has 1 heterocycles. The Labute approximate surface area is 120 Å². The van der Waals surface area contributed by atoms with Gasteiger partial charge >= 0.3 is 0 Å². The molecule has 0 fully saturated rings. The Balaban J connectivity index is 2.13. The number of rotatable bonds is 4. The van der Waals surface area contributed by atoms with Crippen LogP contribution in [0.15, 0.2) is 35.1 Å². The molecule has 2 rings (SSSR count). The number of halogens is 2. The van der Waals surface area contributed by atoms with E-state index in [1.807, 2.05) is 0 Å². The van der Waals surface area contributed by atoms with Gasteiger partial charge in [-0.15, -0.1) is 0 Å². The van der Waals surface area contributed by atoms with Crippen LogP contribution in [-0.2, 0) is 6.54 Å². The minimum Gasteiger partial charge on any atom is -0.364 e. The first-order chi connectivity index (χ1) is 9.06. The third-order valence-electron chi connectivity index (χ3n) is 2.69. The number of anilines is 1. The predicted octanol–water partition coefficient (Wildman–Crippen LogP) is 4.11. The number of hydrogen-bond acceptors (Lipinski definition) is 3. The highest BCUT2D eigenvalue weighted by atomic mass is 79.9. The summed E-state index contributed by atoms with van der Waals surface area (Å²) in [6.07, 6.45) is 1.67. The molecule has 0 aliphatic heterocycles. The van der Waals surface area contributed by atoms with Crippen molar-refractivity contribution in [1.29, 1.82) is 0 Å². The van der Waals surface area contributed by atoms with E-state index in [2.05, 4.69) is 45.1 Å². The molecule has 5 heteroatoms. The quantitative estimate of drug-likeness (QED) is 0.919. The fourth-order valence-corrected chi connectivity index (χ4v) is 2.00. The van der Waals surface area contributed by atoms with Gasteiger partial charge in [0.1, 0.15) is 16.2 Å². The molecule has 19 heavy (non-hydrogen) atoms. The SMILES string of the molecule is CC(C)c1nc(Br)cnc1NCc1ccc(F)cc1. The molecule has 0 amide bonds. The molecule has 0 unspecified atom stereocenters. The average Bonchev–Trinajstić information content (AvgIpc) is 2.39. The van der Waals surface area contributed by atoms with E-state index in [-0.39, 0.29) is 11.7 Å². The second-order valence-corrected chi connectivity index (χ2v) is 5.37. The molecule has 0 aliphatic carbocycles. The second kappa shape index (κ2) is 6.10. The molecule has 0 bridgehead atoms. The van der Waals surface area contributed by atoms with Crippen molar-refractivity contribution in [3.05, 3.63) is 52.1 Å². The molecular formula is C14H15BrFN3. The Morgan fingerprint density at radius 3 is 2.58 bits per heavy atom. The fourth-order valence-electron chi connectivity index (χ4n) is 1.71. The topological polar surface area (TPSA) is 37.8 Å². The monoisotopic (exact) mass is 323 g/mol. The summed E-state index contributed by atoms with van der Waals surface area (Å²) in [7, 11) is 0. The molecule has 0 saturated carbocycles. The van der Waals surface area contributed by atoms with Gasteiger partial charge < -0.3 is 5.32 Å². The smallest absolute Gasteiger partial charge is 0.148 e. The lowest BCUT2D eigenvalue weighted by molar-refractivity contribution is 0.627. The van der Waals surface area contributed by atoms with E-state index in [0.29, 0.717) is 6.54 Å². The average molecular weight is 324 g/mol. The molecule has 0 saturated heterocycles. The van der Waals surface area contributed by atoms with Crippen LogP contribution in [0, 0.1) is 5.82 Å². The van der Waals surface area contributed by atoms with Crippen molar-refractivity contribution in [2.45, 2.75) is 26.3 Å². The van der Waals surface area contributed by atoms with Gasteiger partial charge in [-0.25, -0.2) is 14.4 Å². The molecule has 0 aliphatic rings. The summed E-state index contributed by atoms with van der Waals surface area (Å²) in [4.78, 5) is 8.77. The summed E-state index contributed by atoms with van der Waals surface area (Å²) >= 11 is 3.33. The number of benzene rings is 1. The third-order valence-corrected chi connectivity index (χ3v) is 3.07. The Bertz CT molecular complexity index is 555. The lowest BCUT2D eigenvalue weighted by Gasteiger charge is -2.12. The zero-order valence-electron chi connectivity index (χ0n) is 10.8. The summed E-state index contributed by atoms with van der Waals surface area (Å²) in [5.41, 5.74) is 1.91. The van der Waals surface area contributed by atoms with Crippen molar-refractivity contribution in [3.8, 4) is 0 Å². The van der Waals surface area contributed by atoms with E-state index in [4.69, 9.17) is 0 Å². The first kappa shape index (κ1) is 13.9. The van der Waals surface area contributed by atoms with E-state index in [1.54, 1.807) is 18.3 Å². The van der Waals surface area contributed by atoms with Crippen LogP contribution >= 0.6 is 15.9 Å². The van der Waals surface area contributed by atoms with Crippen LogP contribution < -0.4 is 5.32 Å². The minimum atomic E-state index is -0.227. The summed E-state index contributed by atoms with van der Waals surface area (Å²) in [5, 5.41) is 3.24. The molecule has 1 N–H and O–H groups in total. The normalized spacial score (nSPS) is 10.8. The van der Waals surface area contributed by atoms with Crippen LogP contribution in [0.3, 0.4) is 0 Å². The standard InChI is InChI=1S/C14H15BrFN3/c1-9(2)13-14(18-8-12(15)19-13)17-7-10-3-5-11(16)6-4-10/h3-6,8-9H,7H2,1-2H3,(H,17,18). The number of hydrogen-bond donors (Lipinski definition) is 1. The zero-order valence-corrected chi connectivity index (χ0v) is 12.4. The van der Waals surface area contributed by atoms with Crippen LogP contribution in [0.4, 0.5) is 10.2 Å². The molecule has 0 radical (unpaired) electrons. The first-order valence-corrected chi connectivity index (χ1v) is 6.86. The highest BCUT2D eigenvalue weighted by Crippen LogP contribution is 2.22. The van der Waals surface area contributed by atoms with Gasteiger partial charge in [-0.2, -0.15) is 0 Å². The van der Waals surface area contributed by atoms with Gasteiger partial charge in [0.05, 0.1) is 11.9 Å². The van der Waals surface area contributed by atoms with Crippen molar-refractivity contribution in [3.63, 3.8) is 0 Å². The van der Waals surface area contributed by atoms with Gasteiger partial charge in [0.25, 0.3) is 0 Å². The van der Waals surface area contributed by atoms with Crippen molar-refractivity contribution >= 4 is 21.7 Å². The number of nitrogens with one attached hydrogen (secondary N) is 1. The molecule has 2 aromatic rings. The maximum absolute atomic E-state index is 12.8. The largest absolute Gasteiger partial charge is 0.364 e. The summed E-state index contributed by atoms with van der Waals surface area (Å²) in [6, 6.07) is 6.41. The summed E-state index contributed by atoms with van der Waals surface area (Å²) in [5.74, 6) is 0.818. The Morgan fingerprint density at radius 2 is 1.95 bits per heavy atom. The maximum atomic E-state index is 12.8. The van der Waals surface area contributed by atoms with Crippen molar-refractivity contribution < 1.29 is 4.39 Å². The van der Waals surface area contributed by atoms with Crippen LogP contribution in [0.25, 0.3) is 0 Å². The van der Waals surface area contributed by atoms with Gasteiger partial charge in [0, 0.05) is 6.54 Å². The van der Waals surface area contributed by atoms with E-state index < -0.39 is 0 Å². The maximum Gasteiger partial charge on any atom is 0.148 e. The molecule has 100 valence electrons. The van der Waals surface area contributed by atoms with Gasteiger partial charge in [-0.3, -0.25) is 0 Å².